The van der Waals surface area contributed by atoms with Crippen molar-refractivity contribution >= 4 is 17.9 Å². The first-order valence-electron chi connectivity index (χ1n) is 22.9. The van der Waals surface area contributed by atoms with Crippen molar-refractivity contribution in [2.24, 2.45) is 5.92 Å². The minimum atomic E-state index is -0.758. The Balaban J connectivity index is 4.31. The molecule has 6 nitrogen and oxygen atoms in total. The molecule has 0 radical (unpaired) electrons. The third-order valence-electron chi connectivity index (χ3n) is 10.3. The van der Waals surface area contributed by atoms with Crippen LogP contribution in [0.1, 0.15) is 252 Å². The van der Waals surface area contributed by atoms with E-state index in [0.717, 1.165) is 63.7 Å². The molecule has 0 fully saturated rings. The van der Waals surface area contributed by atoms with Gasteiger partial charge in [0.15, 0.2) is 6.10 Å². The van der Waals surface area contributed by atoms with Gasteiger partial charge in [-0.2, -0.15) is 0 Å². The largest absolute Gasteiger partial charge is 0.462 e. The summed E-state index contributed by atoms with van der Waals surface area (Å²) in [5, 5.41) is 0. The molecule has 0 rings (SSSR count). The normalized spacial score (nSPS) is 11.9. The van der Waals surface area contributed by atoms with Crippen LogP contribution in [0.2, 0.25) is 0 Å². The van der Waals surface area contributed by atoms with E-state index in [2.05, 4.69) is 27.7 Å². The standard InChI is InChI=1S/C46H88O6/c1-5-7-9-11-13-15-17-18-19-21-25-29-33-37-44(47)50-40-43(52-46(49)39-35-31-27-20-16-14-12-10-8-6-2)41-51-45(48)38-34-30-26-23-22-24-28-32-36-42(3)4/h42-43H,5-41H2,1-4H3/t43-/m0/s1. The number of unbranched alkanes of at least 4 members (excludes halogenated alkanes) is 28. The van der Waals surface area contributed by atoms with Crippen molar-refractivity contribution in [3.05, 3.63) is 0 Å². The summed E-state index contributed by atoms with van der Waals surface area (Å²) < 4.78 is 16.7. The molecule has 52 heavy (non-hydrogen) atoms. The Kier molecular flexibility index (Phi) is 39.4. The fourth-order valence-electron chi connectivity index (χ4n) is 6.80. The highest BCUT2D eigenvalue weighted by molar-refractivity contribution is 5.71. The quantitative estimate of drug-likeness (QED) is 0.0353. The molecule has 0 N–H and O–H groups in total. The lowest BCUT2D eigenvalue weighted by Crippen LogP contribution is -2.30. The van der Waals surface area contributed by atoms with Gasteiger partial charge in [0.05, 0.1) is 0 Å². The number of hydrogen-bond acceptors (Lipinski definition) is 6. The Morgan fingerprint density at radius 1 is 0.365 bits per heavy atom. The molecule has 0 aromatic heterocycles. The van der Waals surface area contributed by atoms with Crippen LogP contribution in [0.4, 0.5) is 0 Å². The number of hydrogen-bond donors (Lipinski definition) is 0. The topological polar surface area (TPSA) is 78.9 Å². The van der Waals surface area contributed by atoms with Crippen LogP contribution in [-0.4, -0.2) is 37.2 Å². The van der Waals surface area contributed by atoms with Gasteiger partial charge in [0, 0.05) is 19.3 Å². The van der Waals surface area contributed by atoms with E-state index >= 15 is 0 Å². The first kappa shape index (κ1) is 50.4. The van der Waals surface area contributed by atoms with Crippen molar-refractivity contribution in [1.82, 2.24) is 0 Å². The van der Waals surface area contributed by atoms with Crippen molar-refractivity contribution in [1.29, 1.82) is 0 Å². The average Bonchev–Trinajstić information content (AvgIpc) is 3.12. The first-order valence-corrected chi connectivity index (χ1v) is 22.9. The number of esters is 3. The highest BCUT2D eigenvalue weighted by atomic mass is 16.6. The molecule has 0 saturated heterocycles. The molecular formula is C46H88O6. The number of carbonyl (C=O) groups excluding carboxylic acids is 3. The van der Waals surface area contributed by atoms with Crippen LogP contribution in [0.3, 0.4) is 0 Å². The van der Waals surface area contributed by atoms with Gasteiger partial charge in [-0.15, -0.1) is 0 Å². The maximum absolute atomic E-state index is 12.7. The third kappa shape index (κ3) is 39.6. The van der Waals surface area contributed by atoms with Crippen molar-refractivity contribution < 1.29 is 28.6 Å². The lowest BCUT2D eigenvalue weighted by Gasteiger charge is -2.18. The lowest BCUT2D eigenvalue weighted by molar-refractivity contribution is -0.167. The zero-order valence-electron chi connectivity index (χ0n) is 35.3. The van der Waals surface area contributed by atoms with Gasteiger partial charge in [-0.1, -0.05) is 214 Å². The van der Waals surface area contributed by atoms with Crippen LogP contribution in [0.5, 0.6) is 0 Å². The van der Waals surface area contributed by atoms with E-state index in [4.69, 9.17) is 14.2 Å². The molecule has 0 saturated carbocycles. The van der Waals surface area contributed by atoms with E-state index in [-0.39, 0.29) is 31.1 Å². The van der Waals surface area contributed by atoms with E-state index in [1.165, 1.54) is 148 Å². The summed E-state index contributed by atoms with van der Waals surface area (Å²) in [5.74, 6) is -0.0598. The van der Waals surface area contributed by atoms with Gasteiger partial charge in [0.2, 0.25) is 0 Å². The second-order valence-corrected chi connectivity index (χ2v) is 16.2. The molecule has 0 amide bonds. The maximum Gasteiger partial charge on any atom is 0.306 e. The second-order valence-electron chi connectivity index (χ2n) is 16.2. The van der Waals surface area contributed by atoms with Gasteiger partial charge < -0.3 is 14.2 Å². The zero-order valence-corrected chi connectivity index (χ0v) is 35.3. The van der Waals surface area contributed by atoms with Crippen molar-refractivity contribution in [3.8, 4) is 0 Å². The highest BCUT2D eigenvalue weighted by Gasteiger charge is 2.19. The van der Waals surface area contributed by atoms with Gasteiger partial charge >= 0.3 is 17.9 Å². The number of ether oxygens (including phenoxy) is 3. The molecule has 0 spiro atoms. The summed E-state index contributed by atoms with van der Waals surface area (Å²) in [5.41, 5.74) is 0. The van der Waals surface area contributed by atoms with Crippen LogP contribution in [0.15, 0.2) is 0 Å². The minimum Gasteiger partial charge on any atom is -0.462 e. The summed E-state index contributed by atoms with van der Waals surface area (Å²) in [6, 6.07) is 0. The Hall–Kier alpha value is -1.59. The smallest absolute Gasteiger partial charge is 0.306 e. The predicted octanol–water partition coefficient (Wildman–Crippen LogP) is 14.3. The Morgan fingerprint density at radius 2 is 0.635 bits per heavy atom. The molecule has 308 valence electrons. The summed E-state index contributed by atoms with van der Waals surface area (Å²) in [6.07, 6.45) is 39.4. The molecular weight excluding hydrogens is 648 g/mol. The Morgan fingerprint density at radius 3 is 0.942 bits per heavy atom. The predicted molar refractivity (Wildman–Crippen MR) is 220 cm³/mol. The first-order chi connectivity index (χ1) is 25.4. The summed E-state index contributed by atoms with van der Waals surface area (Å²) in [7, 11) is 0. The van der Waals surface area contributed by atoms with Crippen molar-refractivity contribution in [3.63, 3.8) is 0 Å². The molecule has 0 aliphatic heterocycles. The van der Waals surface area contributed by atoms with Crippen LogP contribution >= 0.6 is 0 Å². The second kappa shape index (κ2) is 40.6. The van der Waals surface area contributed by atoms with E-state index in [1.54, 1.807) is 0 Å². The van der Waals surface area contributed by atoms with Gasteiger partial charge in [0.25, 0.3) is 0 Å². The van der Waals surface area contributed by atoms with Crippen LogP contribution in [-0.2, 0) is 28.6 Å². The van der Waals surface area contributed by atoms with E-state index in [0.29, 0.717) is 19.3 Å². The molecule has 0 aliphatic carbocycles. The number of rotatable bonds is 41. The van der Waals surface area contributed by atoms with Gasteiger partial charge in [-0.05, 0) is 25.2 Å². The molecule has 6 heteroatoms. The van der Waals surface area contributed by atoms with Crippen molar-refractivity contribution in [2.45, 2.75) is 259 Å². The van der Waals surface area contributed by atoms with Crippen LogP contribution in [0, 0.1) is 5.92 Å². The summed E-state index contributed by atoms with van der Waals surface area (Å²) in [4.78, 5) is 37.7. The Bertz CT molecular complexity index is 781. The van der Waals surface area contributed by atoms with E-state index in [9.17, 15) is 14.4 Å². The summed E-state index contributed by atoms with van der Waals surface area (Å²) >= 11 is 0. The fraction of sp³-hybridized carbons (Fsp3) is 0.935. The lowest BCUT2D eigenvalue weighted by atomic mass is 10.0. The molecule has 0 aromatic rings. The third-order valence-corrected chi connectivity index (χ3v) is 10.3. The SMILES string of the molecule is CCCCCCCCCCCCCCCC(=O)OC[C@@H](COC(=O)CCCCCCCCCCC(C)C)OC(=O)CCCCCCCCCCCC. The van der Waals surface area contributed by atoms with Gasteiger partial charge in [0.1, 0.15) is 13.2 Å². The van der Waals surface area contributed by atoms with Gasteiger partial charge in [-0.25, -0.2) is 0 Å². The van der Waals surface area contributed by atoms with Crippen LogP contribution in [0.25, 0.3) is 0 Å². The number of carbonyl (C=O) groups is 3. The fourth-order valence-corrected chi connectivity index (χ4v) is 6.80. The molecule has 0 heterocycles. The molecule has 0 aromatic carbocycles. The molecule has 0 aliphatic rings. The average molecular weight is 737 g/mol. The highest BCUT2D eigenvalue weighted by Crippen LogP contribution is 2.16. The Labute approximate surface area is 323 Å². The summed E-state index contributed by atoms with van der Waals surface area (Å²) in [6.45, 7) is 8.95. The zero-order chi connectivity index (χ0) is 38.2. The van der Waals surface area contributed by atoms with Gasteiger partial charge in [-0.3, -0.25) is 14.4 Å². The van der Waals surface area contributed by atoms with E-state index in [1.807, 2.05) is 0 Å². The molecule has 0 bridgehead atoms. The van der Waals surface area contributed by atoms with E-state index < -0.39 is 6.10 Å². The van der Waals surface area contributed by atoms with Crippen LogP contribution < -0.4 is 0 Å². The van der Waals surface area contributed by atoms with Crippen molar-refractivity contribution in [2.75, 3.05) is 13.2 Å². The minimum absolute atomic E-state index is 0.0640. The maximum atomic E-state index is 12.7. The molecule has 0 unspecified atom stereocenters. The molecule has 1 atom stereocenters. The monoisotopic (exact) mass is 737 g/mol.